The van der Waals surface area contributed by atoms with Crippen LogP contribution >= 0.6 is 0 Å². The molecule has 2 rings (SSSR count). The number of aryl methyl sites for hydroxylation is 2. The van der Waals surface area contributed by atoms with Gasteiger partial charge in [0.25, 0.3) is 0 Å². The van der Waals surface area contributed by atoms with E-state index >= 15 is 0 Å². The van der Waals surface area contributed by atoms with Crippen molar-refractivity contribution < 1.29 is 13.9 Å². The summed E-state index contributed by atoms with van der Waals surface area (Å²) in [4.78, 5) is 14.6. The van der Waals surface area contributed by atoms with E-state index in [-0.39, 0.29) is 5.75 Å². The van der Waals surface area contributed by atoms with Gasteiger partial charge in [0.05, 0.1) is 0 Å². The van der Waals surface area contributed by atoms with Crippen LogP contribution in [0.4, 0.5) is 4.39 Å². The monoisotopic (exact) mass is 245 g/mol. The molecular formula is C14H12FNO2. The first-order valence-electron chi connectivity index (χ1n) is 5.46. The van der Waals surface area contributed by atoms with Crippen LogP contribution < -0.4 is 4.74 Å². The summed E-state index contributed by atoms with van der Waals surface area (Å²) in [6, 6.07) is 6.56. The second-order valence-corrected chi connectivity index (χ2v) is 4.00. The van der Waals surface area contributed by atoms with Gasteiger partial charge in [0.2, 0.25) is 5.88 Å². The number of hydrogen-bond donors (Lipinski definition) is 0. The Morgan fingerprint density at radius 1 is 1.28 bits per heavy atom. The van der Waals surface area contributed by atoms with Gasteiger partial charge in [-0.2, -0.15) is 0 Å². The average molecular weight is 245 g/mol. The highest BCUT2D eigenvalue weighted by Gasteiger charge is 2.09. The quantitative estimate of drug-likeness (QED) is 0.777. The number of pyridine rings is 1. The maximum absolute atomic E-state index is 13.8. The summed E-state index contributed by atoms with van der Waals surface area (Å²) in [5.41, 5.74) is 1.65. The van der Waals surface area contributed by atoms with Crippen LogP contribution in [0.15, 0.2) is 30.5 Å². The summed E-state index contributed by atoms with van der Waals surface area (Å²) in [7, 11) is 0. The van der Waals surface area contributed by atoms with Gasteiger partial charge in [-0.05, 0) is 31.5 Å². The Balaban J connectivity index is 2.34. The third-order valence-electron chi connectivity index (χ3n) is 2.55. The lowest BCUT2D eigenvalue weighted by Crippen LogP contribution is -1.96. The van der Waals surface area contributed by atoms with Gasteiger partial charge in [0, 0.05) is 17.3 Å². The Morgan fingerprint density at radius 3 is 2.72 bits per heavy atom. The fourth-order valence-corrected chi connectivity index (χ4v) is 1.56. The molecule has 4 heteroatoms. The number of carbonyl (C=O) groups is 1. The molecule has 0 atom stereocenters. The molecule has 2 aromatic rings. The summed E-state index contributed by atoms with van der Waals surface area (Å²) in [6.45, 7) is 3.42. The van der Waals surface area contributed by atoms with Crippen molar-refractivity contribution in [2.45, 2.75) is 13.8 Å². The fraction of sp³-hybridized carbons (Fsp3) is 0.143. The zero-order valence-electron chi connectivity index (χ0n) is 10.1. The van der Waals surface area contributed by atoms with Crippen molar-refractivity contribution in [2.24, 2.45) is 0 Å². The van der Waals surface area contributed by atoms with E-state index in [0.29, 0.717) is 28.9 Å². The molecule has 0 unspecified atom stereocenters. The minimum Gasteiger partial charge on any atom is -0.436 e. The number of benzene rings is 1. The molecule has 3 nitrogen and oxygen atoms in total. The standard InChI is InChI=1S/C14H12FNO2/c1-9-4-3-5-12(13(9)15)18-14-10(2)6-11(8-17)7-16-14/h3-8H,1-2H3. The van der Waals surface area contributed by atoms with E-state index in [4.69, 9.17) is 4.74 Å². The number of hydrogen-bond acceptors (Lipinski definition) is 3. The van der Waals surface area contributed by atoms with Gasteiger partial charge in [-0.25, -0.2) is 9.37 Å². The molecule has 1 heterocycles. The van der Waals surface area contributed by atoms with Crippen LogP contribution in [0, 0.1) is 19.7 Å². The van der Waals surface area contributed by atoms with E-state index in [9.17, 15) is 9.18 Å². The van der Waals surface area contributed by atoms with Gasteiger partial charge >= 0.3 is 0 Å². The molecule has 0 N–H and O–H groups in total. The Hall–Kier alpha value is -2.23. The lowest BCUT2D eigenvalue weighted by Gasteiger charge is -2.09. The first kappa shape index (κ1) is 12.2. The molecule has 1 aromatic carbocycles. The maximum Gasteiger partial charge on any atom is 0.222 e. The highest BCUT2D eigenvalue weighted by molar-refractivity contribution is 5.74. The van der Waals surface area contributed by atoms with Crippen LogP contribution in [0.1, 0.15) is 21.5 Å². The lowest BCUT2D eigenvalue weighted by atomic mass is 10.2. The van der Waals surface area contributed by atoms with Crippen molar-refractivity contribution >= 4 is 6.29 Å². The van der Waals surface area contributed by atoms with Gasteiger partial charge < -0.3 is 4.74 Å². The van der Waals surface area contributed by atoms with E-state index in [2.05, 4.69) is 4.98 Å². The second-order valence-electron chi connectivity index (χ2n) is 4.00. The van der Waals surface area contributed by atoms with Crippen LogP contribution in [0.2, 0.25) is 0 Å². The molecule has 1 aromatic heterocycles. The lowest BCUT2D eigenvalue weighted by molar-refractivity contribution is 0.112. The Kier molecular flexibility index (Phi) is 3.37. The van der Waals surface area contributed by atoms with Gasteiger partial charge in [-0.1, -0.05) is 12.1 Å². The number of nitrogens with zero attached hydrogens (tertiary/aromatic N) is 1. The van der Waals surface area contributed by atoms with E-state index in [1.807, 2.05) is 0 Å². The summed E-state index contributed by atoms with van der Waals surface area (Å²) in [5.74, 6) is 0.0210. The molecule has 0 aliphatic rings. The van der Waals surface area contributed by atoms with Crippen molar-refractivity contribution in [1.29, 1.82) is 0 Å². The fourth-order valence-electron chi connectivity index (χ4n) is 1.56. The first-order chi connectivity index (χ1) is 8.61. The van der Waals surface area contributed by atoms with Crippen LogP contribution in [-0.4, -0.2) is 11.3 Å². The topological polar surface area (TPSA) is 39.2 Å². The molecule has 0 bridgehead atoms. The van der Waals surface area contributed by atoms with Crippen molar-refractivity contribution in [3.63, 3.8) is 0 Å². The van der Waals surface area contributed by atoms with E-state index in [1.54, 1.807) is 32.0 Å². The Labute approximate surface area is 104 Å². The molecule has 18 heavy (non-hydrogen) atoms. The van der Waals surface area contributed by atoms with Crippen LogP contribution in [-0.2, 0) is 0 Å². The predicted molar refractivity (Wildman–Crippen MR) is 65.6 cm³/mol. The van der Waals surface area contributed by atoms with Gasteiger partial charge in [0.15, 0.2) is 17.9 Å². The van der Waals surface area contributed by atoms with Gasteiger partial charge in [-0.15, -0.1) is 0 Å². The van der Waals surface area contributed by atoms with E-state index < -0.39 is 5.82 Å². The maximum atomic E-state index is 13.8. The molecule has 92 valence electrons. The summed E-state index contributed by atoms with van der Waals surface area (Å²) < 4.78 is 19.2. The van der Waals surface area contributed by atoms with Gasteiger partial charge in [-0.3, -0.25) is 4.79 Å². The van der Waals surface area contributed by atoms with Crippen molar-refractivity contribution in [2.75, 3.05) is 0 Å². The third kappa shape index (κ3) is 2.37. The highest BCUT2D eigenvalue weighted by atomic mass is 19.1. The zero-order valence-corrected chi connectivity index (χ0v) is 10.1. The smallest absolute Gasteiger partial charge is 0.222 e. The molecular weight excluding hydrogens is 233 g/mol. The largest absolute Gasteiger partial charge is 0.436 e. The molecule has 0 aliphatic heterocycles. The molecule has 0 radical (unpaired) electrons. The van der Waals surface area contributed by atoms with Crippen LogP contribution in [0.5, 0.6) is 11.6 Å². The third-order valence-corrected chi connectivity index (χ3v) is 2.55. The van der Waals surface area contributed by atoms with Crippen molar-refractivity contribution in [3.05, 3.63) is 53.0 Å². The number of rotatable bonds is 3. The van der Waals surface area contributed by atoms with Crippen LogP contribution in [0.25, 0.3) is 0 Å². The first-order valence-corrected chi connectivity index (χ1v) is 5.46. The van der Waals surface area contributed by atoms with Crippen molar-refractivity contribution in [1.82, 2.24) is 4.98 Å². The molecule has 0 aliphatic carbocycles. The summed E-state index contributed by atoms with van der Waals surface area (Å²) >= 11 is 0. The average Bonchev–Trinajstić information content (AvgIpc) is 2.37. The summed E-state index contributed by atoms with van der Waals surface area (Å²) in [5, 5.41) is 0. The number of aromatic nitrogens is 1. The number of halogens is 1. The molecule has 0 amide bonds. The minimum atomic E-state index is -0.404. The predicted octanol–water partition coefficient (Wildman–Crippen LogP) is 3.44. The highest BCUT2D eigenvalue weighted by Crippen LogP contribution is 2.26. The number of ether oxygens (including phenoxy) is 1. The second kappa shape index (κ2) is 4.96. The van der Waals surface area contributed by atoms with Crippen molar-refractivity contribution in [3.8, 4) is 11.6 Å². The molecule has 0 saturated heterocycles. The molecule has 0 fully saturated rings. The normalized spacial score (nSPS) is 10.2. The zero-order chi connectivity index (χ0) is 13.1. The number of aldehydes is 1. The van der Waals surface area contributed by atoms with E-state index in [1.165, 1.54) is 12.3 Å². The van der Waals surface area contributed by atoms with Crippen LogP contribution in [0.3, 0.4) is 0 Å². The van der Waals surface area contributed by atoms with E-state index in [0.717, 1.165) is 0 Å². The minimum absolute atomic E-state index is 0.129. The SMILES string of the molecule is Cc1cc(C=O)cnc1Oc1cccc(C)c1F. The summed E-state index contributed by atoms with van der Waals surface area (Å²) in [6.07, 6.45) is 2.10. The molecule has 0 saturated carbocycles. The Morgan fingerprint density at radius 2 is 2.06 bits per heavy atom. The Bertz CT molecular complexity index is 596. The number of carbonyl (C=O) groups excluding carboxylic acids is 1. The molecule has 0 spiro atoms. The van der Waals surface area contributed by atoms with Gasteiger partial charge in [0.1, 0.15) is 0 Å².